The van der Waals surface area contributed by atoms with Crippen LogP contribution in [0.2, 0.25) is 0 Å². The van der Waals surface area contributed by atoms with Crippen molar-refractivity contribution in [2.24, 2.45) is 0 Å². The first-order valence-corrected chi connectivity index (χ1v) is 13.0. The molecule has 0 radical (unpaired) electrons. The Kier molecular flexibility index (Phi) is 6.79. The Labute approximate surface area is 177 Å². The molecular weight excluding hydrogens is 426 g/mol. The van der Waals surface area contributed by atoms with Gasteiger partial charge in [0.1, 0.15) is 0 Å². The van der Waals surface area contributed by atoms with Crippen molar-refractivity contribution in [3.8, 4) is 0 Å². The van der Waals surface area contributed by atoms with Crippen molar-refractivity contribution in [2.75, 3.05) is 29.4 Å². The summed E-state index contributed by atoms with van der Waals surface area (Å²) in [4.78, 5) is 12.7. The van der Waals surface area contributed by atoms with Gasteiger partial charge in [-0.25, -0.2) is 16.8 Å². The van der Waals surface area contributed by atoms with E-state index in [4.69, 9.17) is 0 Å². The third-order valence-electron chi connectivity index (χ3n) is 4.74. The van der Waals surface area contributed by atoms with Crippen molar-refractivity contribution >= 4 is 37.3 Å². The van der Waals surface area contributed by atoms with Gasteiger partial charge in [-0.3, -0.25) is 9.52 Å². The van der Waals surface area contributed by atoms with E-state index >= 15 is 0 Å². The van der Waals surface area contributed by atoms with E-state index in [0.717, 1.165) is 31.9 Å². The third kappa shape index (κ3) is 5.80. The topological polar surface area (TPSA) is 113 Å². The first kappa shape index (κ1) is 22.3. The molecule has 162 valence electrons. The number of hydrogen-bond acceptors (Lipinski definition) is 5. The lowest BCUT2D eigenvalue weighted by Gasteiger charge is -2.20. The zero-order chi connectivity index (χ0) is 21.8. The molecule has 2 aromatic carbocycles. The van der Waals surface area contributed by atoms with E-state index in [0.29, 0.717) is 18.8 Å². The van der Waals surface area contributed by atoms with Gasteiger partial charge in [-0.15, -0.1) is 0 Å². The molecule has 2 aromatic rings. The Balaban J connectivity index is 1.71. The monoisotopic (exact) mass is 451 g/mol. The minimum Gasteiger partial charge on any atom is -0.322 e. The first-order chi connectivity index (χ1) is 14.1. The molecule has 1 amide bonds. The summed E-state index contributed by atoms with van der Waals surface area (Å²) in [5.41, 5.74) is 0.991. The number of carbonyl (C=O) groups is 1. The van der Waals surface area contributed by atoms with Gasteiger partial charge >= 0.3 is 0 Å². The predicted molar refractivity (Wildman–Crippen MR) is 117 cm³/mol. The zero-order valence-electron chi connectivity index (χ0n) is 16.7. The molecule has 0 aromatic heterocycles. The second-order valence-corrected chi connectivity index (χ2v) is 10.9. The van der Waals surface area contributed by atoms with Gasteiger partial charge in [-0.05, 0) is 55.3 Å². The van der Waals surface area contributed by atoms with E-state index in [2.05, 4.69) is 10.0 Å². The van der Waals surface area contributed by atoms with Gasteiger partial charge < -0.3 is 5.32 Å². The van der Waals surface area contributed by atoms with Gasteiger partial charge in [0.15, 0.2) is 0 Å². The second kappa shape index (κ2) is 9.15. The van der Waals surface area contributed by atoms with Crippen molar-refractivity contribution in [3.63, 3.8) is 0 Å². The minimum atomic E-state index is -3.55. The van der Waals surface area contributed by atoms with Crippen molar-refractivity contribution in [1.82, 2.24) is 4.31 Å². The van der Waals surface area contributed by atoms with Crippen LogP contribution in [0.15, 0.2) is 53.4 Å². The molecule has 0 atom stereocenters. The van der Waals surface area contributed by atoms with Crippen molar-refractivity contribution in [3.05, 3.63) is 54.1 Å². The molecule has 0 unspecified atom stereocenters. The maximum atomic E-state index is 12.8. The smallest absolute Gasteiger partial charge is 0.255 e. The van der Waals surface area contributed by atoms with Crippen molar-refractivity contribution in [1.29, 1.82) is 0 Å². The highest BCUT2D eigenvalue weighted by atomic mass is 32.2. The summed E-state index contributed by atoms with van der Waals surface area (Å²) in [7, 11) is -7.00. The SMILES string of the molecule is CS(=O)(=O)Nc1cccc(C(=O)Nc2ccc(S(=O)(=O)N3CCCCCC3)cc2)c1. The summed E-state index contributed by atoms with van der Waals surface area (Å²) < 4.78 is 52.2. The molecule has 0 spiro atoms. The zero-order valence-corrected chi connectivity index (χ0v) is 18.3. The quantitative estimate of drug-likeness (QED) is 0.701. The highest BCUT2D eigenvalue weighted by Gasteiger charge is 2.25. The fraction of sp³-hybridized carbons (Fsp3) is 0.350. The van der Waals surface area contributed by atoms with Crippen LogP contribution in [-0.2, 0) is 20.0 Å². The van der Waals surface area contributed by atoms with Crippen LogP contribution < -0.4 is 10.0 Å². The summed E-state index contributed by atoms with van der Waals surface area (Å²) in [6.07, 6.45) is 4.83. The highest BCUT2D eigenvalue weighted by molar-refractivity contribution is 7.92. The molecule has 1 saturated heterocycles. The van der Waals surface area contributed by atoms with Crippen LogP contribution in [0.25, 0.3) is 0 Å². The summed E-state index contributed by atoms with van der Waals surface area (Å²) in [6.45, 7) is 1.05. The summed E-state index contributed by atoms with van der Waals surface area (Å²) in [5.74, 6) is -0.435. The summed E-state index contributed by atoms with van der Waals surface area (Å²) >= 11 is 0. The van der Waals surface area contributed by atoms with E-state index in [1.807, 2.05) is 0 Å². The molecule has 1 aliphatic rings. The molecule has 8 nitrogen and oxygen atoms in total. The minimum absolute atomic E-state index is 0.196. The van der Waals surface area contributed by atoms with Crippen LogP contribution >= 0.6 is 0 Å². The third-order valence-corrected chi connectivity index (χ3v) is 7.26. The Morgan fingerprint density at radius 3 is 2.10 bits per heavy atom. The van der Waals surface area contributed by atoms with Gasteiger partial charge in [-0.2, -0.15) is 4.31 Å². The Morgan fingerprint density at radius 2 is 1.50 bits per heavy atom. The molecule has 1 heterocycles. The van der Waals surface area contributed by atoms with Crippen LogP contribution in [-0.4, -0.2) is 46.4 Å². The van der Waals surface area contributed by atoms with E-state index in [1.54, 1.807) is 30.3 Å². The molecular formula is C20H25N3O5S2. The highest BCUT2D eigenvalue weighted by Crippen LogP contribution is 2.22. The fourth-order valence-corrected chi connectivity index (χ4v) is 5.35. The van der Waals surface area contributed by atoms with Gasteiger partial charge in [0.25, 0.3) is 5.91 Å². The molecule has 1 aliphatic heterocycles. The van der Waals surface area contributed by atoms with Gasteiger partial charge in [-0.1, -0.05) is 18.9 Å². The Hall–Kier alpha value is -2.43. The standard InChI is InChI=1S/C20H25N3O5S2/c1-29(25,26)22-18-8-6-7-16(15-18)20(24)21-17-9-11-19(12-10-17)30(27,28)23-13-4-2-3-5-14-23/h6-12,15,22H,2-5,13-14H2,1H3,(H,21,24). The van der Waals surface area contributed by atoms with Crippen LogP contribution in [0.1, 0.15) is 36.0 Å². The number of rotatable bonds is 6. The Morgan fingerprint density at radius 1 is 0.867 bits per heavy atom. The van der Waals surface area contributed by atoms with E-state index in [-0.39, 0.29) is 16.1 Å². The van der Waals surface area contributed by atoms with E-state index in [1.165, 1.54) is 22.5 Å². The average Bonchev–Trinajstić information content (AvgIpc) is 2.97. The summed E-state index contributed by atoms with van der Waals surface area (Å²) in [6, 6.07) is 12.1. The molecule has 1 fully saturated rings. The largest absolute Gasteiger partial charge is 0.322 e. The van der Waals surface area contributed by atoms with E-state index < -0.39 is 26.0 Å². The number of nitrogens with one attached hydrogen (secondary N) is 2. The number of sulfonamides is 2. The number of amides is 1. The average molecular weight is 452 g/mol. The number of nitrogens with zero attached hydrogens (tertiary/aromatic N) is 1. The molecule has 2 N–H and O–H groups in total. The lowest BCUT2D eigenvalue weighted by Crippen LogP contribution is -2.31. The summed E-state index contributed by atoms with van der Waals surface area (Å²) in [5, 5.41) is 2.69. The van der Waals surface area contributed by atoms with Crippen molar-refractivity contribution in [2.45, 2.75) is 30.6 Å². The van der Waals surface area contributed by atoms with Crippen LogP contribution in [0.3, 0.4) is 0 Å². The molecule has 0 bridgehead atoms. The normalized spacial score (nSPS) is 15.9. The lowest BCUT2D eigenvalue weighted by molar-refractivity contribution is 0.102. The molecule has 0 saturated carbocycles. The molecule has 0 aliphatic carbocycles. The molecule has 3 rings (SSSR count). The molecule has 10 heteroatoms. The van der Waals surface area contributed by atoms with E-state index in [9.17, 15) is 21.6 Å². The van der Waals surface area contributed by atoms with Crippen LogP contribution in [0.5, 0.6) is 0 Å². The molecule has 30 heavy (non-hydrogen) atoms. The van der Waals surface area contributed by atoms with Gasteiger partial charge in [0.2, 0.25) is 20.0 Å². The second-order valence-electron chi connectivity index (χ2n) is 7.25. The first-order valence-electron chi connectivity index (χ1n) is 9.65. The number of anilines is 2. The van der Waals surface area contributed by atoms with Crippen LogP contribution in [0, 0.1) is 0 Å². The maximum absolute atomic E-state index is 12.8. The number of carbonyl (C=O) groups excluding carboxylic acids is 1. The lowest BCUT2D eigenvalue weighted by atomic mass is 10.2. The fourth-order valence-electron chi connectivity index (χ4n) is 3.28. The number of benzene rings is 2. The van der Waals surface area contributed by atoms with Crippen molar-refractivity contribution < 1.29 is 21.6 Å². The predicted octanol–water partition coefficient (Wildman–Crippen LogP) is 2.88. The van der Waals surface area contributed by atoms with Gasteiger partial charge in [0.05, 0.1) is 11.2 Å². The van der Waals surface area contributed by atoms with Gasteiger partial charge in [0, 0.05) is 30.0 Å². The number of hydrogen-bond donors (Lipinski definition) is 2. The maximum Gasteiger partial charge on any atom is 0.255 e. The Bertz CT molecular complexity index is 1110. The van der Waals surface area contributed by atoms with Crippen LogP contribution in [0.4, 0.5) is 11.4 Å².